The molecule has 1 heterocycles. The Hall–Kier alpha value is -2.70. The summed E-state index contributed by atoms with van der Waals surface area (Å²) in [5.41, 5.74) is 3.89. The van der Waals surface area contributed by atoms with E-state index in [-0.39, 0.29) is 24.1 Å². The second kappa shape index (κ2) is 10.1. The van der Waals surface area contributed by atoms with Crippen LogP contribution in [0, 0.1) is 25.2 Å². The van der Waals surface area contributed by atoms with E-state index in [2.05, 4.69) is 11.4 Å². The van der Waals surface area contributed by atoms with Crippen LogP contribution in [-0.4, -0.2) is 36.0 Å². The summed E-state index contributed by atoms with van der Waals surface area (Å²) >= 11 is 0. The van der Waals surface area contributed by atoms with Crippen LogP contribution in [0.15, 0.2) is 42.5 Å². The van der Waals surface area contributed by atoms with E-state index < -0.39 is 7.26 Å². The van der Waals surface area contributed by atoms with Gasteiger partial charge in [0.05, 0.1) is 0 Å². The van der Waals surface area contributed by atoms with Crippen molar-refractivity contribution in [3.05, 3.63) is 64.7 Å². The Balaban J connectivity index is 1.69. The van der Waals surface area contributed by atoms with Crippen LogP contribution in [-0.2, 0) is 20.9 Å². The zero-order valence-corrected chi connectivity index (χ0v) is 19.5. The van der Waals surface area contributed by atoms with Gasteiger partial charge < -0.3 is 0 Å². The number of nitriles is 1. The number of hydrogen-bond donors (Lipinski definition) is 1. The van der Waals surface area contributed by atoms with Crippen LogP contribution < -0.4 is 5.32 Å². The summed E-state index contributed by atoms with van der Waals surface area (Å²) in [4.78, 5) is 25.9. The number of rotatable bonds is 7. The molecule has 3 rings (SSSR count). The summed E-state index contributed by atoms with van der Waals surface area (Å²) in [5.74, 6) is -0.219. The summed E-state index contributed by atoms with van der Waals surface area (Å²) in [6, 6.07) is 15.4. The van der Waals surface area contributed by atoms with Crippen LogP contribution in [0.5, 0.6) is 0 Å². The first kappa shape index (κ1) is 23.0. The summed E-state index contributed by atoms with van der Waals surface area (Å²) in [5, 5.41) is 12.2. The summed E-state index contributed by atoms with van der Waals surface area (Å²) in [6.45, 7) is 6.05. The van der Waals surface area contributed by atoms with Crippen molar-refractivity contribution in [3.63, 3.8) is 0 Å². The number of aryl methyl sites for hydroxylation is 2. The van der Waals surface area contributed by atoms with Crippen molar-refractivity contribution in [2.75, 3.05) is 23.8 Å². The fraction of sp³-hybridized carbons (Fsp3) is 0.400. The van der Waals surface area contributed by atoms with Gasteiger partial charge in [-0.25, -0.2) is 0 Å². The SMILES string of the molecule is Cc1cc(C#N)cc(C)c1NC(=O)C(C)[PH]1(CC(=O)OCc2ccccc2)CCCC1. The minimum absolute atomic E-state index is 0.0275. The Kier molecular flexibility index (Phi) is 7.46. The summed E-state index contributed by atoms with van der Waals surface area (Å²) < 4.78 is 5.56. The maximum atomic E-state index is 13.2. The average Bonchev–Trinajstić information content (AvgIpc) is 3.24. The first-order valence-electron chi connectivity index (χ1n) is 10.9. The fourth-order valence-corrected chi connectivity index (χ4v) is 9.64. The zero-order chi connectivity index (χ0) is 22.4. The molecular weight excluding hydrogens is 407 g/mol. The van der Waals surface area contributed by atoms with Crippen LogP contribution in [0.2, 0.25) is 0 Å². The van der Waals surface area contributed by atoms with Crippen molar-refractivity contribution < 1.29 is 14.3 Å². The minimum atomic E-state index is -2.15. The third-order valence-corrected chi connectivity index (χ3v) is 12.4. The first-order chi connectivity index (χ1) is 14.8. The molecular formula is C25H31N2O3P. The molecule has 0 spiro atoms. The molecule has 0 saturated carbocycles. The number of hydrogen-bond acceptors (Lipinski definition) is 4. The molecule has 1 unspecified atom stereocenters. The monoisotopic (exact) mass is 438 g/mol. The zero-order valence-electron chi connectivity index (χ0n) is 18.5. The van der Waals surface area contributed by atoms with Crippen molar-refractivity contribution in [2.24, 2.45) is 0 Å². The number of carbonyl (C=O) groups is 2. The predicted octanol–water partition coefficient (Wildman–Crippen LogP) is 4.79. The second-order valence-electron chi connectivity index (χ2n) is 8.70. The van der Waals surface area contributed by atoms with Gasteiger partial charge in [0.1, 0.15) is 0 Å². The van der Waals surface area contributed by atoms with Crippen molar-refractivity contribution in [1.29, 1.82) is 5.26 Å². The molecule has 1 N–H and O–H groups in total. The van der Waals surface area contributed by atoms with Crippen molar-refractivity contribution >= 4 is 24.8 Å². The molecule has 2 aromatic carbocycles. The predicted molar refractivity (Wildman–Crippen MR) is 127 cm³/mol. The van der Waals surface area contributed by atoms with E-state index in [0.29, 0.717) is 11.7 Å². The molecule has 164 valence electrons. The number of amides is 1. The Morgan fingerprint density at radius 3 is 2.32 bits per heavy atom. The molecule has 1 aliphatic rings. The van der Waals surface area contributed by atoms with Crippen LogP contribution in [0.4, 0.5) is 5.69 Å². The van der Waals surface area contributed by atoms with Gasteiger partial charge in [0.15, 0.2) is 0 Å². The molecule has 2 aromatic rings. The van der Waals surface area contributed by atoms with Crippen molar-refractivity contribution in [2.45, 2.75) is 45.9 Å². The molecule has 0 aromatic heterocycles. The molecule has 31 heavy (non-hydrogen) atoms. The molecule has 6 heteroatoms. The average molecular weight is 439 g/mol. The molecule has 5 nitrogen and oxygen atoms in total. The molecule has 0 aliphatic carbocycles. The standard InChI is InChI=1S/C25H31N2O3P/c1-18-13-22(15-26)14-19(2)24(18)27-25(29)20(3)31(11-7-8-12-31)17-23(28)30-16-21-9-5-4-6-10-21/h4-6,9-10,13-14,20,31H,7-8,11-12,16-17H2,1-3H3,(H,27,29). The van der Waals surface area contributed by atoms with E-state index in [9.17, 15) is 9.59 Å². The third kappa shape index (κ3) is 5.51. The number of ether oxygens (including phenoxy) is 1. The summed E-state index contributed by atoms with van der Waals surface area (Å²) in [7, 11) is -2.15. The van der Waals surface area contributed by atoms with E-state index in [1.165, 1.54) is 0 Å². The van der Waals surface area contributed by atoms with Crippen molar-refractivity contribution in [3.8, 4) is 6.07 Å². The summed E-state index contributed by atoms with van der Waals surface area (Å²) in [6.07, 6.45) is 4.50. The molecule has 1 atom stereocenters. The van der Waals surface area contributed by atoms with Crippen LogP contribution in [0.3, 0.4) is 0 Å². The van der Waals surface area contributed by atoms with Gasteiger partial charge >= 0.3 is 185 Å². The van der Waals surface area contributed by atoms with Gasteiger partial charge in [0.2, 0.25) is 0 Å². The molecule has 1 fully saturated rings. The Morgan fingerprint density at radius 2 is 1.74 bits per heavy atom. The third-order valence-electron chi connectivity index (χ3n) is 6.56. The number of nitrogens with zero attached hydrogens (tertiary/aromatic N) is 1. The molecule has 1 aliphatic heterocycles. The van der Waals surface area contributed by atoms with Crippen LogP contribution in [0.1, 0.15) is 42.0 Å². The van der Waals surface area contributed by atoms with Gasteiger partial charge in [-0.3, -0.25) is 0 Å². The molecule has 0 radical (unpaired) electrons. The van der Waals surface area contributed by atoms with E-state index in [1.807, 2.05) is 51.1 Å². The Bertz CT molecular complexity index is 969. The first-order valence-corrected chi connectivity index (χ1v) is 13.6. The topological polar surface area (TPSA) is 79.2 Å². The normalized spacial score (nSPS) is 16.7. The second-order valence-corrected chi connectivity index (χ2v) is 13.6. The molecule has 1 amide bonds. The van der Waals surface area contributed by atoms with Crippen molar-refractivity contribution in [1.82, 2.24) is 0 Å². The quantitative estimate of drug-likeness (QED) is 0.498. The number of anilines is 1. The van der Waals surface area contributed by atoms with E-state index in [4.69, 9.17) is 10.00 Å². The molecule has 0 bridgehead atoms. The van der Waals surface area contributed by atoms with Gasteiger partial charge in [-0.1, -0.05) is 0 Å². The van der Waals surface area contributed by atoms with Gasteiger partial charge in [-0.05, 0) is 0 Å². The van der Waals surface area contributed by atoms with Gasteiger partial charge in [-0.15, -0.1) is 0 Å². The fourth-order valence-electron chi connectivity index (χ4n) is 4.65. The number of benzene rings is 2. The van der Waals surface area contributed by atoms with Crippen LogP contribution >= 0.6 is 7.26 Å². The van der Waals surface area contributed by atoms with Crippen LogP contribution in [0.25, 0.3) is 0 Å². The van der Waals surface area contributed by atoms with E-state index >= 15 is 0 Å². The maximum absolute atomic E-state index is 13.2. The Labute approximate surface area is 185 Å². The van der Waals surface area contributed by atoms with Gasteiger partial charge in [0, 0.05) is 0 Å². The van der Waals surface area contributed by atoms with Gasteiger partial charge in [0.25, 0.3) is 0 Å². The number of nitrogens with one attached hydrogen (secondary N) is 1. The molecule has 1 saturated heterocycles. The number of carbonyl (C=O) groups excluding carboxylic acids is 2. The van der Waals surface area contributed by atoms with Gasteiger partial charge in [-0.2, -0.15) is 0 Å². The van der Waals surface area contributed by atoms with E-state index in [1.54, 1.807) is 12.1 Å². The number of esters is 1. The van der Waals surface area contributed by atoms with E-state index in [0.717, 1.165) is 47.5 Å². The Morgan fingerprint density at radius 1 is 1.13 bits per heavy atom.